The Morgan fingerprint density at radius 1 is 1.07 bits per heavy atom. The minimum absolute atomic E-state index is 0.549. The van der Waals surface area contributed by atoms with Gasteiger partial charge < -0.3 is 10.1 Å². The Morgan fingerprint density at radius 2 is 1.86 bits per heavy atom. The van der Waals surface area contributed by atoms with Gasteiger partial charge in [-0.2, -0.15) is 14.9 Å². The number of fused-ring (bicyclic) bond motifs is 3. The molecule has 28 heavy (non-hydrogen) atoms. The topological polar surface area (TPSA) is 88.1 Å². The van der Waals surface area contributed by atoms with Crippen molar-refractivity contribution >= 4 is 16.4 Å². The van der Waals surface area contributed by atoms with Gasteiger partial charge in [-0.25, -0.2) is 0 Å². The van der Waals surface area contributed by atoms with E-state index in [2.05, 4.69) is 27.6 Å². The second kappa shape index (κ2) is 8.03. The van der Waals surface area contributed by atoms with Crippen molar-refractivity contribution in [3.05, 3.63) is 54.2 Å². The molecular weight excluding hydrogens is 352 g/mol. The SMILES string of the molecule is COc1ccc(-c2nnc3c4ccccc4c(CNCCCC#N)nn23)cc1. The number of benzene rings is 2. The molecule has 7 heteroatoms. The van der Waals surface area contributed by atoms with Crippen molar-refractivity contribution in [3.63, 3.8) is 0 Å². The van der Waals surface area contributed by atoms with Crippen molar-refractivity contribution in [3.8, 4) is 23.2 Å². The zero-order valence-electron chi connectivity index (χ0n) is 15.6. The van der Waals surface area contributed by atoms with Gasteiger partial charge in [0, 0.05) is 29.3 Å². The maximum Gasteiger partial charge on any atom is 0.186 e. The molecule has 0 saturated carbocycles. The minimum atomic E-state index is 0.549. The molecule has 0 atom stereocenters. The standard InChI is InChI=1S/C21H20N6O/c1-28-16-10-8-15(9-11-16)20-24-25-21-18-7-3-2-6-17(18)19(26-27(20)21)14-23-13-5-4-12-22/h2-3,6-11,23H,4-5,13-14H2,1H3. The third kappa shape index (κ3) is 3.38. The zero-order chi connectivity index (χ0) is 19.3. The quantitative estimate of drug-likeness (QED) is 0.501. The maximum absolute atomic E-state index is 8.68. The van der Waals surface area contributed by atoms with Crippen LogP contribution in [0.4, 0.5) is 0 Å². The summed E-state index contributed by atoms with van der Waals surface area (Å²) in [5, 5.41) is 27.7. The van der Waals surface area contributed by atoms with Crippen LogP contribution in [0.25, 0.3) is 27.8 Å². The van der Waals surface area contributed by atoms with Gasteiger partial charge >= 0.3 is 0 Å². The molecule has 2 aromatic heterocycles. The molecule has 2 aromatic carbocycles. The molecule has 4 rings (SSSR count). The first-order chi connectivity index (χ1) is 13.8. The number of unbranched alkanes of at least 4 members (excludes halogenated alkanes) is 1. The van der Waals surface area contributed by atoms with Gasteiger partial charge in [-0.1, -0.05) is 24.3 Å². The summed E-state index contributed by atoms with van der Waals surface area (Å²) in [7, 11) is 1.64. The van der Waals surface area contributed by atoms with E-state index in [4.69, 9.17) is 15.1 Å². The summed E-state index contributed by atoms with van der Waals surface area (Å²) < 4.78 is 7.04. The van der Waals surface area contributed by atoms with E-state index in [1.54, 1.807) is 11.6 Å². The second-order valence-corrected chi connectivity index (χ2v) is 6.42. The summed E-state index contributed by atoms with van der Waals surface area (Å²) in [5.74, 6) is 1.48. The Labute approximate surface area is 162 Å². The predicted octanol–water partition coefficient (Wildman–Crippen LogP) is 3.35. The monoisotopic (exact) mass is 372 g/mol. The van der Waals surface area contributed by atoms with Gasteiger partial charge in [0.1, 0.15) is 5.75 Å². The lowest BCUT2D eigenvalue weighted by molar-refractivity contribution is 0.415. The summed E-state index contributed by atoms with van der Waals surface area (Å²) in [5.41, 5.74) is 2.58. The number of nitrogens with zero attached hydrogens (tertiary/aromatic N) is 5. The first-order valence-corrected chi connectivity index (χ1v) is 9.17. The predicted molar refractivity (Wildman–Crippen MR) is 107 cm³/mol. The Hall–Kier alpha value is -3.50. The summed E-state index contributed by atoms with van der Waals surface area (Å²) in [4.78, 5) is 0. The molecule has 0 aliphatic heterocycles. The number of nitriles is 1. The Morgan fingerprint density at radius 3 is 2.61 bits per heavy atom. The van der Waals surface area contributed by atoms with E-state index in [0.29, 0.717) is 18.8 Å². The number of ether oxygens (including phenoxy) is 1. The van der Waals surface area contributed by atoms with E-state index in [1.165, 1.54) is 0 Å². The number of hydrogen-bond acceptors (Lipinski definition) is 6. The summed E-state index contributed by atoms with van der Waals surface area (Å²) in [6, 6.07) is 17.9. The zero-order valence-corrected chi connectivity index (χ0v) is 15.6. The molecule has 0 aliphatic carbocycles. The van der Waals surface area contributed by atoms with Gasteiger partial charge in [0.15, 0.2) is 11.5 Å². The number of hydrogen-bond donors (Lipinski definition) is 1. The number of methoxy groups -OCH3 is 1. The van der Waals surface area contributed by atoms with Crippen molar-refractivity contribution in [2.45, 2.75) is 19.4 Å². The van der Waals surface area contributed by atoms with Crippen LogP contribution < -0.4 is 10.1 Å². The van der Waals surface area contributed by atoms with Crippen molar-refractivity contribution in [1.29, 1.82) is 5.26 Å². The summed E-state index contributed by atoms with van der Waals surface area (Å²) in [6.45, 7) is 1.39. The fourth-order valence-electron chi connectivity index (χ4n) is 3.20. The summed E-state index contributed by atoms with van der Waals surface area (Å²) in [6.07, 6.45) is 1.37. The largest absolute Gasteiger partial charge is 0.497 e. The van der Waals surface area contributed by atoms with Gasteiger partial charge in [-0.3, -0.25) is 0 Å². The molecule has 0 aliphatic rings. The lowest BCUT2D eigenvalue weighted by atomic mass is 10.1. The van der Waals surface area contributed by atoms with Crippen LogP contribution in [0.5, 0.6) is 5.75 Å². The highest BCUT2D eigenvalue weighted by Gasteiger charge is 2.15. The Kier molecular flexibility index (Phi) is 5.13. The maximum atomic E-state index is 8.68. The minimum Gasteiger partial charge on any atom is -0.497 e. The van der Waals surface area contributed by atoms with Crippen molar-refractivity contribution in [1.82, 2.24) is 25.1 Å². The lowest BCUT2D eigenvalue weighted by Crippen LogP contribution is -2.17. The molecule has 0 spiro atoms. The molecular formula is C21H20N6O. The first-order valence-electron chi connectivity index (χ1n) is 9.17. The van der Waals surface area contributed by atoms with E-state index in [0.717, 1.165) is 46.4 Å². The Balaban J connectivity index is 1.76. The number of nitrogens with one attached hydrogen (secondary N) is 1. The fourth-order valence-corrected chi connectivity index (χ4v) is 3.20. The molecule has 4 aromatic rings. The van der Waals surface area contributed by atoms with Crippen LogP contribution in [0.2, 0.25) is 0 Å². The van der Waals surface area contributed by atoms with Gasteiger partial charge in [0.2, 0.25) is 0 Å². The van der Waals surface area contributed by atoms with E-state index in [9.17, 15) is 0 Å². The van der Waals surface area contributed by atoms with E-state index >= 15 is 0 Å². The highest BCUT2D eigenvalue weighted by molar-refractivity contribution is 5.95. The van der Waals surface area contributed by atoms with Gasteiger partial charge in [0.05, 0.1) is 18.9 Å². The van der Waals surface area contributed by atoms with Crippen LogP contribution >= 0.6 is 0 Å². The van der Waals surface area contributed by atoms with Crippen LogP contribution in [0.1, 0.15) is 18.5 Å². The van der Waals surface area contributed by atoms with Crippen LogP contribution in [0.3, 0.4) is 0 Å². The molecule has 140 valence electrons. The number of aromatic nitrogens is 4. The summed E-state index contributed by atoms with van der Waals surface area (Å²) >= 11 is 0. The van der Waals surface area contributed by atoms with Crippen LogP contribution in [-0.4, -0.2) is 33.5 Å². The van der Waals surface area contributed by atoms with Gasteiger partial charge in [-0.05, 0) is 37.2 Å². The molecule has 0 bridgehead atoms. The third-order valence-corrected chi connectivity index (χ3v) is 4.62. The molecule has 2 heterocycles. The van der Waals surface area contributed by atoms with Gasteiger partial charge in [0.25, 0.3) is 0 Å². The highest BCUT2D eigenvalue weighted by atomic mass is 16.5. The second-order valence-electron chi connectivity index (χ2n) is 6.42. The molecule has 1 N–H and O–H groups in total. The van der Waals surface area contributed by atoms with Crippen LogP contribution in [0, 0.1) is 11.3 Å². The molecule has 7 nitrogen and oxygen atoms in total. The lowest BCUT2D eigenvalue weighted by Gasteiger charge is -2.09. The first kappa shape index (κ1) is 17.9. The van der Waals surface area contributed by atoms with Gasteiger partial charge in [-0.15, -0.1) is 10.2 Å². The van der Waals surface area contributed by atoms with Crippen molar-refractivity contribution in [2.24, 2.45) is 0 Å². The average Bonchev–Trinajstić information content (AvgIpc) is 3.17. The molecule has 0 radical (unpaired) electrons. The van der Waals surface area contributed by atoms with E-state index < -0.39 is 0 Å². The van der Waals surface area contributed by atoms with Crippen molar-refractivity contribution in [2.75, 3.05) is 13.7 Å². The normalized spacial score (nSPS) is 11.0. The number of rotatable bonds is 7. The molecule has 0 unspecified atom stereocenters. The molecule has 0 saturated heterocycles. The average molecular weight is 372 g/mol. The Bertz CT molecular complexity index is 1140. The smallest absolute Gasteiger partial charge is 0.186 e. The van der Waals surface area contributed by atoms with E-state index in [1.807, 2.05) is 42.5 Å². The molecule has 0 amide bonds. The van der Waals surface area contributed by atoms with Crippen LogP contribution in [-0.2, 0) is 6.54 Å². The van der Waals surface area contributed by atoms with Crippen molar-refractivity contribution < 1.29 is 4.74 Å². The fraction of sp³-hybridized carbons (Fsp3) is 0.238. The molecule has 0 fully saturated rings. The van der Waals surface area contributed by atoms with E-state index in [-0.39, 0.29) is 0 Å². The highest BCUT2D eigenvalue weighted by Crippen LogP contribution is 2.26. The van der Waals surface area contributed by atoms with Crippen LogP contribution in [0.15, 0.2) is 48.5 Å². The third-order valence-electron chi connectivity index (χ3n) is 4.62.